The van der Waals surface area contributed by atoms with Crippen LogP contribution in [0.5, 0.6) is 0 Å². The molecule has 0 aromatic heterocycles. The second-order valence-electron chi connectivity index (χ2n) is 16.5. The second kappa shape index (κ2) is 21.4. The summed E-state index contributed by atoms with van der Waals surface area (Å²) in [6.07, 6.45) is 20.2. The van der Waals surface area contributed by atoms with Crippen LogP contribution in [0.3, 0.4) is 0 Å². The number of allylic oxidation sites excluding steroid dienone is 7. The molecule has 290 valence electrons. The van der Waals surface area contributed by atoms with Crippen molar-refractivity contribution in [3.05, 3.63) is 59.8 Å². The molecule has 7 nitrogen and oxygen atoms in total. The van der Waals surface area contributed by atoms with Gasteiger partial charge >= 0.3 is 0 Å². The summed E-state index contributed by atoms with van der Waals surface area (Å²) in [5.41, 5.74) is 1.60. The topological polar surface area (TPSA) is 116 Å². The van der Waals surface area contributed by atoms with E-state index in [-0.39, 0.29) is 53.3 Å². The fourth-order valence-corrected chi connectivity index (χ4v) is 7.84. The molecule has 0 saturated carbocycles. The number of carbonyl (C=O) groups is 2. The van der Waals surface area contributed by atoms with E-state index in [1.54, 1.807) is 13.0 Å². The van der Waals surface area contributed by atoms with Crippen LogP contribution in [0.25, 0.3) is 0 Å². The number of hydrogen-bond donors (Lipinski definition) is 4. The molecule has 51 heavy (non-hydrogen) atoms. The van der Waals surface area contributed by atoms with Gasteiger partial charge in [-0.1, -0.05) is 110 Å². The molecule has 0 radical (unpaired) electrons. The molecule has 7 heteroatoms. The Morgan fingerprint density at radius 2 is 1.71 bits per heavy atom. The molecule has 0 bridgehead atoms. The highest BCUT2D eigenvalue weighted by Crippen LogP contribution is 2.43. The molecule has 0 aliphatic carbocycles. The Balaban J connectivity index is 1.86. The highest BCUT2D eigenvalue weighted by atomic mass is 16.5. The zero-order valence-corrected chi connectivity index (χ0v) is 33.8. The fraction of sp³-hybridized carbons (Fsp3) is 0.727. The van der Waals surface area contributed by atoms with Gasteiger partial charge in [0.1, 0.15) is 5.78 Å². The van der Waals surface area contributed by atoms with Crippen LogP contribution in [0.4, 0.5) is 0 Å². The van der Waals surface area contributed by atoms with E-state index in [0.29, 0.717) is 31.1 Å². The van der Waals surface area contributed by atoms with Crippen molar-refractivity contribution in [1.82, 2.24) is 5.32 Å². The summed E-state index contributed by atoms with van der Waals surface area (Å²) >= 11 is 0. The van der Waals surface area contributed by atoms with Gasteiger partial charge in [0.2, 0.25) is 5.91 Å². The minimum absolute atomic E-state index is 0.0240. The molecule has 2 aliphatic heterocycles. The summed E-state index contributed by atoms with van der Waals surface area (Å²) in [5, 5.41) is 35.6. The van der Waals surface area contributed by atoms with Crippen LogP contribution < -0.4 is 5.32 Å². The predicted octanol–water partition coefficient (Wildman–Crippen LogP) is 8.65. The SMILES string of the molecule is CC[C@H]1C[C@H](C)[C@@]2(NC1=O)O[C@@H](C[C@H](O)[C@@H](C)CC/C=C/C=C(\C)[C@H](C/C=C/C=C/[C@H](O)[C@H](C)[C@@H](O)[C@H](C)CCC(C)=O)C(C)C)[C@H](C)C=C2C. The first-order chi connectivity index (χ1) is 23.9. The molecule has 0 unspecified atom stereocenters. The van der Waals surface area contributed by atoms with Crippen molar-refractivity contribution in [1.29, 1.82) is 0 Å². The largest absolute Gasteiger partial charge is 0.393 e. The van der Waals surface area contributed by atoms with Crippen LogP contribution in [-0.4, -0.2) is 57.2 Å². The summed E-state index contributed by atoms with van der Waals surface area (Å²) in [6, 6.07) is 0. The minimum atomic E-state index is -0.779. The number of piperidine rings is 1. The van der Waals surface area contributed by atoms with Gasteiger partial charge in [0.05, 0.1) is 24.4 Å². The van der Waals surface area contributed by atoms with E-state index in [0.717, 1.165) is 37.7 Å². The number of Topliss-reactive ketones (excluding diaryl/α,β-unsaturated/α-hetero) is 1. The smallest absolute Gasteiger partial charge is 0.225 e. The lowest BCUT2D eigenvalue weighted by Crippen LogP contribution is -2.64. The number of ether oxygens (including phenoxy) is 1. The maximum Gasteiger partial charge on any atom is 0.225 e. The lowest BCUT2D eigenvalue weighted by molar-refractivity contribution is -0.179. The molecule has 0 aromatic rings. The van der Waals surface area contributed by atoms with E-state index >= 15 is 0 Å². The third kappa shape index (κ3) is 13.2. The van der Waals surface area contributed by atoms with E-state index in [2.05, 4.69) is 91.1 Å². The Kier molecular flexibility index (Phi) is 18.8. The summed E-state index contributed by atoms with van der Waals surface area (Å²) in [6.45, 7) is 22.5. The van der Waals surface area contributed by atoms with E-state index < -0.39 is 24.0 Å². The Bertz CT molecular complexity index is 1250. The van der Waals surface area contributed by atoms with Crippen molar-refractivity contribution in [3.63, 3.8) is 0 Å². The van der Waals surface area contributed by atoms with Gasteiger partial charge in [-0.25, -0.2) is 0 Å². The first-order valence-corrected chi connectivity index (χ1v) is 19.8. The number of ketones is 1. The molecule has 0 aromatic carbocycles. The molecule has 12 atom stereocenters. The zero-order chi connectivity index (χ0) is 38.5. The molecule has 2 rings (SSSR count). The highest BCUT2D eigenvalue weighted by Gasteiger charge is 2.50. The lowest BCUT2D eigenvalue weighted by Gasteiger charge is -2.51. The third-order valence-electron chi connectivity index (χ3n) is 11.9. The van der Waals surface area contributed by atoms with E-state index in [1.165, 1.54) is 5.57 Å². The third-order valence-corrected chi connectivity index (χ3v) is 11.9. The van der Waals surface area contributed by atoms with Crippen molar-refractivity contribution in [2.45, 2.75) is 158 Å². The summed E-state index contributed by atoms with van der Waals surface area (Å²) < 4.78 is 6.72. The summed E-state index contributed by atoms with van der Waals surface area (Å²) in [7, 11) is 0. The first kappa shape index (κ1) is 44.8. The van der Waals surface area contributed by atoms with Crippen LogP contribution in [0.15, 0.2) is 59.8 Å². The molecule has 1 saturated heterocycles. The number of aliphatic hydroxyl groups is 3. The first-order valence-electron chi connectivity index (χ1n) is 19.8. The maximum atomic E-state index is 12.9. The van der Waals surface area contributed by atoms with Crippen LogP contribution in [0.2, 0.25) is 0 Å². The molecular weight excluding hydrogens is 638 g/mol. The summed E-state index contributed by atoms with van der Waals surface area (Å²) in [5.74, 6) is 1.12. The van der Waals surface area contributed by atoms with Crippen LogP contribution in [0, 0.1) is 47.3 Å². The Morgan fingerprint density at radius 1 is 1.02 bits per heavy atom. The van der Waals surface area contributed by atoms with Crippen molar-refractivity contribution < 1.29 is 29.6 Å². The maximum absolute atomic E-state index is 12.9. The molecule has 1 spiro atoms. The minimum Gasteiger partial charge on any atom is -0.393 e. The standard InChI is InChI=1S/C44H73NO6/c1-12-37-26-34(9)44(45-43(37)50)33(8)25-32(7)41(51-44)27-40(48)30(5)20-16-13-15-19-29(4)38(28(2)3)21-17-14-18-22-39(47)36(11)42(49)31(6)23-24-35(10)46/h13-15,17-19,22,25,28,30-32,34,36-42,47-49H,12,16,20-21,23-24,26-27H2,1-11H3,(H,45,50)/b15-13+,17-14+,22-18+,29-19+/t30-,31+,32+,34-,36-,37-,38+,39-,40-,41-,42-,44-/m0/s1. The van der Waals surface area contributed by atoms with Gasteiger partial charge in [-0.3, -0.25) is 4.79 Å². The van der Waals surface area contributed by atoms with Gasteiger partial charge in [0.15, 0.2) is 5.72 Å². The van der Waals surface area contributed by atoms with Crippen molar-refractivity contribution in [3.8, 4) is 0 Å². The molecule has 4 N–H and O–H groups in total. The average molecular weight is 712 g/mol. The second-order valence-corrected chi connectivity index (χ2v) is 16.5. The number of amides is 1. The molecule has 2 aliphatic rings. The Hall–Kier alpha value is -2.32. The van der Waals surface area contributed by atoms with Crippen molar-refractivity contribution in [2.24, 2.45) is 47.3 Å². The van der Waals surface area contributed by atoms with E-state index in [9.17, 15) is 24.9 Å². The van der Waals surface area contributed by atoms with E-state index in [4.69, 9.17) is 4.74 Å². The molecule has 1 fully saturated rings. The molecule has 1 amide bonds. The van der Waals surface area contributed by atoms with Crippen molar-refractivity contribution >= 4 is 11.7 Å². The number of carbonyl (C=O) groups excluding carboxylic acids is 2. The zero-order valence-electron chi connectivity index (χ0n) is 33.8. The molecule has 2 heterocycles. The quantitative estimate of drug-likeness (QED) is 0.0742. The number of hydrogen-bond acceptors (Lipinski definition) is 6. The lowest BCUT2D eigenvalue weighted by atomic mass is 9.75. The monoisotopic (exact) mass is 712 g/mol. The van der Waals surface area contributed by atoms with Gasteiger partial charge in [0, 0.05) is 36.5 Å². The predicted molar refractivity (Wildman–Crippen MR) is 210 cm³/mol. The van der Waals surface area contributed by atoms with Crippen LogP contribution >= 0.6 is 0 Å². The number of nitrogens with one attached hydrogen (secondary N) is 1. The Labute approximate surface area is 310 Å². The van der Waals surface area contributed by atoms with Crippen LogP contribution in [0.1, 0.15) is 128 Å². The number of aliphatic hydroxyl groups excluding tert-OH is 3. The normalized spacial score (nSPS) is 29.0. The van der Waals surface area contributed by atoms with Gasteiger partial charge < -0.3 is 30.2 Å². The molecular formula is C44H73NO6. The Morgan fingerprint density at radius 3 is 2.33 bits per heavy atom. The van der Waals surface area contributed by atoms with Gasteiger partial charge in [-0.15, -0.1) is 0 Å². The van der Waals surface area contributed by atoms with Crippen molar-refractivity contribution in [2.75, 3.05) is 0 Å². The van der Waals surface area contributed by atoms with Gasteiger partial charge in [-0.2, -0.15) is 0 Å². The van der Waals surface area contributed by atoms with E-state index in [1.807, 2.05) is 26.0 Å². The van der Waals surface area contributed by atoms with Crippen LogP contribution in [-0.2, 0) is 14.3 Å². The fourth-order valence-electron chi connectivity index (χ4n) is 7.84. The van der Waals surface area contributed by atoms with Gasteiger partial charge in [0.25, 0.3) is 0 Å². The summed E-state index contributed by atoms with van der Waals surface area (Å²) in [4.78, 5) is 24.1. The average Bonchev–Trinajstić information content (AvgIpc) is 3.07. The van der Waals surface area contributed by atoms with Gasteiger partial charge in [-0.05, 0) is 88.5 Å². The highest BCUT2D eigenvalue weighted by molar-refractivity contribution is 5.81. The number of rotatable bonds is 20.